The summed E-state index contributed by atoms with van der Waals surface area (Å²) in [7, 11) is 10.7. The molecule has 0 aliphatic carbocycles. The van der Waals surface area contributed by atoms with Gasteiger partial charge in [0, 0.05) is 0 Å². The van der Waals surface area contributed by atoms with E-state index in [1.54, 1.807) is 0 Å². The third kappa shape index (κ3) is 10.6. The summed E-state index contributed by atoms with van der Waals surface area (Å²) in [6.07, 6.45) is 0. The second-order valence-corrected chi connectivity index (χ2v) is 24.2. The molecule has 0 nitrogen and oxygen atoms in total. The summed E-state index contributed by atoms with van der Waals surface area (Å²) in [5, 5.41) is 13.1. The number of halogens is 2. The monoisotopic (exact) mass is 1130 g/mol. The van der Waals surface area contributed by atoms with Crippen molar-refractivity contribution in [2.45, 2.75) is 0 Å². The fraction of sp³-hybridized carbons (Fsp3) is 0. The van der Waals surface area contributed by atoms with Crippen LogP contribution < -0.4 is 10.4 Å². The molecule has 0 aromatic heterocycles. The zero-order chi connectivity index (χ0) is 52.6. The van der Waals surface area contributed by atoms with Gasteiger partial charge in [-0.05, 0) is 54.9 Å². The third-order valence-electron chi connectivity index (χ3n) is 14.6. The van der Waals surface area contributed by atoms with Crippen molar-refractivity contribution in [3.63, 3.8) is 0 Å². The van der Waals surface area contributed by atoms with E-state index in [9.17, 15) is 0 Å². The molecule has 4 heteroatoms. The smallest absolute Gasteiger partial charge is 0.0920 e. The zero-order valence-electron chi connectivity index (χ0n) is 42.5. The third-order valence-corrected chi connectivity index (χ3v) is 16.0. The van der Waals surface area contributed by atoms with E-state index in [2.05, 4.69) is 297 Å². The first-order chi connectivity index (χ1) is 38.6. The molecule has 0 bridgehead atoms. The van der Waals surface area contributed by atoms with Crippen LogP contribution in [-0.4, -0.2) is 9.52 Å². The molecule has 0 atom stereocenters. The maximum atomic E-state index is 4.93. The molecule has 78 heavy (non-hydrogen) atoms. The van der Waals surface area contributed by atoms with E-state index in [-0.39, 0.29) is 0 Å². The van der Waals surface area contributed by atoms with Gasteiger partial charge in [0.25, 0.3) is 0 Å². The summed E-state index contributed by atoms with van der Waals surface area (Å²) in [5.74, 6) is 0. The molecule has 0 amide bonds. The quantitative estimate of drug-likeness (QED) is 0.115. The van der Waals surface area contributed by atoms with Gasteiger partial charge in [-0.25, -0.2) is 0 Å². The van der Waals surface area contributed by atoms with Crippen LogP contribution in [0.3, 0.4) is 0 Å². The van der Waals surface area contributed by atoms with Gasteiger partial charge in [0.15, 0.2) is 0 Å². The van der Waals surface area contributed by atoms with Crippen molar-refractivity contribution in [3.05, 3.63) is 303 Å². The standard InChI is InChI=1S/2C31H21.C12H7Si.2ClH.Zr/c2*1-2-10-22(11-3-1)25-20-24-14-9-19-30(31(24)21-25)29-17-7-6-16-28(29)27-18-8-13-23-12-4-5-15-26(23)27;1-3-7-11-9(5-1)10-6-2-4-8-12(10)13-11;;;/h2*1-21H;1-7H;2*1H;/q3*-1;;;+2/p-2. The van der Waals surface area contributed by atoms with Crippen molar-refractivity contribution < 1.29 is 20.8 Å². The van der Waals surface area contributed by atoms with E-state index >= 15 is 0 Å². The molecule has 0 saturated carbocycles. The van der Waals surface area contributed by atoms with Gasteiger partial charge in [-0.15, -0.1) is 74.6 Å². The average molecular weight is 1130 g/mol. The van der Waals surface area contributed by atoms with Crippen LogP contribution in [0.25, 0.3) is 121 Å². The van der Waals surface area contributed by atoms with Crippen molar-refractivity contribution in [3.8, 4) is 77.9 Å². The van der Waals surface area contributed by atoms with Gasteiger partial charge in [-0.3, -0.25) is 0 Å². The summed E-state index contributed by atoms with van der Waals surface area (Å²) in [6.45, 7) is 0. The number of hydrogen-bond acceptors (Lipinski definition) is 0. The topological polar surface area (TPSA) is 0 Å². The fourth-order valence-corrected chi connectivity index (χ4v) is 12.4. The summed E-state index contributed by atoms with van der Waals surface area (Å²) < 4.78 is 0. The number of fused-ring (bicyclic) bond motifs is 7. The first kappa shape index (κ1) is 50.9. The molecule has 0 N–H and O–H groups in total. The van der Waals surface area contributed by atoms with Crippen LogP contribution in [-0.2, 0) is 20.8 Å². The molecular weight excluding hydrogens is 1080 g/mol. The summed E-state index contributed by atoms with van der Waals surface area (Å²) in [4.78, 5) is 0. The van der Waals surface area contributed by atoms with Gasteiger partial charge in [0.05, 0.1) is 9.52 Å². The normalized spacial score (nSPS) is 11.2. The maximum Gasteiger partial charge on any atom is 0.0920 e. The van der Waals surface area contributed by atoms with E-state index in [0.29, 0.717) is 0 Å². The Bertz CT molecular complexity index is 4070. The van der Waals surface area contributed by atoms with Crippen molar-refractivity contribution in [2.24, 2.45) is 0 Å². The van der Waals surface area contributed by atoms with E-state index in [1.165, 1.54) is 131 Å². The van der Waals surface area contributed by atoms with Crippen LogP contribution >= 0.6 is 17.0 Å². The minimum atomic E-state index is -0.826. The maximum absolute atomic E-state index is 4.93. The van der Waals surface area contributed by atoms with Gasteiger partial charge < -0.3 is 0 Å². The van der Waals surface area contributed by atoms with E-state index in [4.69, 9.17) is 17.0 Å². The fourth-order valence-electron chi connectivity index (χ4n) is 11.1. The second-order valence-electron chi connectivity index (χ2n) is 19.2. The SMILES string of the molecule is [Cl][Zr][Cl].[c-]1cccc2c1[Si]c1ccccc1-2.c1ccc(-c2cc3c(-c4ccccc4-c4cccc5ccccc45)cccc3[cH-]2)cc1.c1ccc(-c2cc3c(-c4ccccc4-c4cccc5ccccc45)cccc3[cH-]2)cc1. The molecule has 15 rings (SSSR count). The molecule has 0 spiro atoms. The molecule has 1 heterocycles. The summed E-state index contributed by atoms with van der Waals surface area (Å²) in [5.41, 5.74) is 18.0. The minimum Gasteiger partial charge on any atom is -0.184 e. The minimum absolute atomic E-state index is 0.795. The van der Waals surface area contributed by atoms with E-state index in [0.717, 1.165) is 9.52 Å². The molecule has 1 aliphatic heterocycles. The predicted molar refractivity (Wildman–Crippen MR) is 334 cm³/mol. The molecule has 0 unspecified atom stereocenters. The van der Waals surface area contributed by atoms with Crippen LogP contribution in [0.2, 0.25) is 0 Å². The zero-order valence-corrected chi connectivity index (χ0v) is 47.5. The van der Waals surface area contributed by atoms with Crippen molar-refractivity contribution in [1.29, 1.82) is 0 Å². The average Bonchev–Trinajstić information content (AvgIpc) is 4.34. The Morgan fingerprint density at radius 2 is 0.654 bits per heavy atom. The number of hydrogen-bond donors (Lipinski definition) is 0. The summed E-state index contributed by atoms with van der Waals surface area (Å²) >= 11 is -0.826. The molecule has 0 saturated heterocycles. The Morgan fingerprint density at radius 1 is 0.308 bits per heavy atom. The predicted octanol–water partition coefficient (Wildman–Crippen LogP) is 19.9. The Labute approximate surface area is 478 Å². The molecular formula is C74H49Cl2SiZr-3. The van der Waals surface area contributed by atoms with Gasteiger partial charge in [-0.2, -0.15) is 29.5 Å². The van der Waals surface area contributed by atoms with Crippen LogP contribution in [0, 0.1) is 6.07 Å². The van der Waals surface area contributed by atoms with Crippen LogP contribution in [0.5, 0.6) is 0 Å². The molecule has 0 fully saturated rings. The summed E-state index contributed by atoms with van der Waals surface area (Å²) in [6, 6.07) is 110. The second kappa shape index (κ2) is 23.7. The Hall–Kier alpha value is -7.94. The Morgan fingerprint density at radius 3 is 1.13 bits per heavy atom. The first-order valence-electron chi connectivity index (χ1n) is 26.1. The van der Waals surface area contributed by atoms with Crippen LogP contribution in [0.4, 0.5) is 0 Å². The molecule has 370 valence electrons. The van der Waals surface area contributed by atoms with Gasteiger partial charge >= 0.3 is 37.9 Å². The Balaban J connectivity index is 0.000000123. The molecule has 14 aromatic rings. The number of rotatable bonds is 6. The Kier molecular flexibility index (Phi) is 15.5. The number of benzene rings is 12. The van der Waals surface area contributed by atoms with Gasteiger partial charge in [0.2, 0.25) is 0 Å². The van der Waals surface area contributed by atoms with E-state index < -0.39 is 20.8 Å². The largest absolute Gasteiger partial charge is 0.184 e. The van der Waals surface area contributed by atoms with E-state index in [1.807, 2.05) is 6.07 Å². The van der Waals surface area contributed by atoms with Crippen molar-refractivity contribution in [2.75, 3.05) is 0 Å². The molecule has 14 aromatic carbocycles. The first-order valence-corrected chi connectivity index (χ1v) is 33.4. The van der Waals surface area contributed by atoms with Crippen LogP contribution in [0.15, 0.2) is 297 Å². The van der Waals surface area contributed by atoms with Gasteiger partial charge in [-0.1, -0.05) is 276 Å². The molecule has 1 aliphatic rings. The van der Waals surface area contributed by atoms with Crippen LogP contribution in [0.1, 0.15) is 0 Å². The molecule has 2 radical (unpaired) electrons. The van der Waals surface area contributed by atoms with Crippen molar-refractivity contribution >= 4 is 80.0 Å². The van der Waals surface area contributed by atoms with Crippen molar-refractivity contribution in [1.82, 2.24) is 0 Å². The van der Waals surface area contributed by atoms with Gasteiger partial charge in [0.1, 0.15) is 0 Å².